The van der Waals surface area contributed by atoms with Gasteiger partial charge in [0.25, 0.3) is 0 Å². The predicted octanol–water partition coefficient (Wildman–Crippen LogP) is 1.49. The number of carbonyl (C=O) groups excluding carboxylic acids is 1. The van der Waals surface area contributed by atoms with E-state index in [0.717, 1.165) is 39.1 Å². The van der Waals surface area contributed by atoms with Gasteiger partial charge in [0.15, 0.2) is 0 Å². The van der Waals surface area contributed by atoms with Gasteiger partial charge < -0.3 is 10.2 Å². The highest BCUT2D eigenvalue weighted by Gasteiger charge is 2.25. The van der Waals surface area contributed by atoms with Crippen LogP contribution in [0.25, 0.3) is 0 Å². The standard InChI is InChI=1S/C14H27N3O.ClH/c1-2-9-17(13-5-7-15-8-6-13)12-14(18)16-10-3-4-11-16;/h13,15H,2-12H2,1H3;1H. The summed E-state index contributed by atoms with van der Waals surface area (Å²) in [5.74, 6) is 0.347. The molecular weight excluding hydrogens is 262 g/mol. The third-order valence-corrected chi connectivity index (χ3v) is 4.13. The highest BCUT2D eigenvalue weighted by molar-refractivity contribution is 5.85. The third-order valence-electron chi connectivity index (χ3n) is 4.13. The number of likely N-dealkylation sites (tertiary alicyclic amines) is 1. The molecule has 4 nitrogen and oxygen atoms in total. The van der Waals surface area contributed by atoms with Crippen molar-refractivity contribution >= 4 is 18.3 Å². The Balaban J connectivity index is 0.00000180. The van der Waals surface area contributed by atoms with E-state index >= 15 is 0 Å². The topological polar surface area (TPSA) is 35.6 Å². The largest absolute Gasteiger partial charge is 0.342 e. The predicted molar refractivity (Wildman–Crippen MR) is 80.8 cm³/mol. The second-order valence-corrected chi connectivity index (χ2v) is 5.54. The van der Waals surface area contributed by atoms with E-state index in [9.17, 15) is 4.79 Å². The zero-order chi connectivity index (χ0) is 12.8. The zero-order valence-electron chi connectivity index (χ0n) is 12.1. The Hall–Kier alpha value is -0.320. The van der Waals surface area contributed by atoms with Crippen molar-refractivity contribution in [1.82, 2.24) is 15.1 Å². The number of carbonyl (C=O) groups is 1. The Morgan fingerprint density at radius 2 is 1.89 bits per heavy atom. The fourth-order valence-corrected chi connectivity index (χ4v) is 3.09. The molecule has 19 heavy (non-hydrogen) atoms. The van der Waals surface area contributed by atoms with Crippen LogP contribution < -0.4 is 5.32 Å². The van der Waals surface area contributed by atoms with Crippen molar-refractivity contribution in [2.75, 3.05) is 39.3 Å². The van der Waals surface area contributed by atoms with E-state index in [2.05, 4.69) is 17.1 Å². The van der Waals surface area contributed by atoms with E-state index in [-0.39, 0.29) is 12.4 Å². The zero-order valence-corrected chi connectivity index (χ0v) is 12.9. The van der Waals surface area contributed by atoms with E-state index < -0.39 is 0 Å². The molecular formula is C14H28ClN3O. The summed E-state index contributed by atoms with van der Waals surface area (Å²) in [7, 11) is 0. The van der Waals surface area contributed by atoms with Gasteiger partial charge in [-0.2, -0.15) is 0 Å². The lowest BCUT2D eigenvalue weighted by molar-refractivity contribution is -0.132. The number of nitrogens with zero attached hydrogens (tertiary/aromatic N) is 2. The van der Waals surface area contributed by atoms with Gasteiger partial charge in [-0.25, -0.2) is 0 Å². The highest BCUT2D eigenvalue weighted by Crippen LogP contribution is 2.14. The summed E-state index contributed by atoms with van der Waals surface area (Å²) in [4.78, 5) is 16.7. The maximum absolute atomic E-state index is 12.2. The van der Waals surface area contributed by atoms with Crippen LogP contribution in [0.4, 0.5) is 0 Å². The minimum Gasteiger partial charge on any atom is -0.342 e. The lowest BCUT2D eigenvalue weighted by Gasteiger charge is -2.34. The fraction of sp³-hybridized carbons (Fsp3) is 0.929. The maximum Gasteiger partial charge on any atom is 0.236 e. The second-order valence-electron chi connectivity index (χ2n) is 5.54. The van der Waals surface area contributed by atoms with E-state index in [0.29, 0.717) is 18.5 Å². The molecule has 1 amide bonds. The summed E-state index contributed by atoms with van der Waals surface area (Å²) in [5.41, 5.74) is 0. The molecule has 0 unspecified atom stereocenters. The summed E-state index contributed by atoms with van der Waals surface area (Å²) in [6, 6.07) is 0.609. The molecule has 0 aromatic rings. The molecule has 112 valence electrons. The number of hydrogen-bond donors (Lipinski definition) is 1. The van der Waals surface area contributed by atoms with Crippen molar-refractivity contribution in [3.8, 4) is 0 Å². The van der Waals surface area contributed by atoms with Crippen molar-refractivity contribution in [2.45, 2.75) is 45.1 Å². The average Bonchev–Trinajstić information content (AvgIpc) is 2.93. The summed E-state index contributed by atoms with van der Waals surface area (Å²) in [6.07, 6.45) is 5.89. The molecule has 0 radical (unpaired) electrons. The van der Waals surface area contributed by atoms with Crippen molar-refractivity contribution in [2.24, 2.45) is 0 Å². The Kier molecular flexibility index (Phi) is 7.73. The summed E-state index contributed by atoms with van der Waals surface area (Å²) < 4.78 is 0. The minimum absolute atomic E-state index is 0. The molecule has 5 heteroatoms. The summed E-state index contributed by atoms with van der Waals surface area (Å²) in [5, 5.41) is 3.40. The van der Waals surface area contributed by atoms with Crippen molar-refractivity contribution in [1.29, 1.82) is 0 Å². The van der Waals surface area contributed by atoms with Crippen LogP contribution in [0.3, 0.4) is 0 Å². The summed E-state index contributed by atoms with van der Waals surface area (Å²) in [6.45, 7) is 8.05. The van der Waals surface area contributed by atoms with Crippen molar-refractivity contribution in [3.63, 3.8) is 0 Å². The molecule has 2 fully saturated rings. The fourth-order valence-electron chi connectivity index (χ4n) is 3.09. The Morgan fingerprint density at radius 1 is 1.26 bits per heavy atom. The smallest absolute Gasteiger partial charge is 0.236 e. The van der Waals surface area contributed by atoms with Gasteiger partial charge in [0, 0.05) is 19.1 Å². The first-order chi connectivity index (χ1) is 8.81. The normalized spacial score (nSPS) is 20.6. The third kappa shape index (κ3) is 4.93. The molecule has 2 aliphatic rings. The van der Waals surface area contributed by atoms with E-state index in [1.165, 1.54) is 25.7 Å². The summed E-state index contributed by atoms with van der Waals surface area (Å²) >= 11 is 0. The van der Waals surface area contributed by atoms with Crippen LogP contribution in [0.2, 0.25) is 0 Å². The van der Waals surface area contributed by atoms with Crippen LogP contribution in [0.1, 0.15) is 39.0 Å². The molecule has 2 saturated heterocycles. The van der Waals surface area contributed by atoms with Gasteiger partial charge in [-0.1, -0.05) is 6.92 Å². The first kappa shape index (κ1) is 16.7. The van der Waals surface area contributed by atoms with Crippen LogP contribution in [-0.2, 0) is 4.79 Å². The number of halogens is 1. The molecule has 0 aliphatic carbocycles. The number of nitrogens with one attached hydrogen (secondary N) is 1. The molecule has 0 bridgehead atoms. The lowest BCUT2D eigenvalue weighted by Crippen LogP contribution is -2.48. The number of piperidine rings is 1. The first-order valence-corrected chi connectivity index (χ1v) is 7.54. The SMILES string of the molecule is CCCN(CC(=O)N1CCCC1)C1CCNCC1.Cl. The Bertz CT molecular complexity index is 263. The monoisotopic (exact) mass is 289 g/mol. The van der Waals surface area contributed by atoms with Crippen molar-refractivity contribution in [3.05, 3.63) is 0 Å². The minimum atomic E-state index is 0. The molecule has 2 heterocycles. The average molecular weight is 290 g/mol. The molecule has 0 saturated carbocycles. The van der Waals surface area contributed by atoms with Gasteiger partial charge in [-0.3, -0.25) is 9.69 Å². The van der Waals surface area contributed by atoms with Crippen LogP contribution >= 0.6 is 12.4 Å². The van der Waals surface area contributed by atoms with Crippen molar-refractivity contribution < 1.29 is 4.79 Å². The second kappa shape index (κ2) is 8.77. The van der Waals surface area contributed by atoms with Gasteiger partial charge in [0.05, 0.1) is 6.54 Å². The first-order valence-electron chi connectivity index (χ1n) is 7.54. The molecule has 1 N–H and O–H groups in total. The van der Waals surface area contributed by atoms with Gasteiger partial charge >= 0.3 is 0 Å². The molecule has 2 aliphatic heterocycles. The van der Waals surface area contributed by atoms with Crippen LogP contribution in [0.15, 0.2) is 0 Å². The van der Waals surface area contributed by atoms with Crippen LogP contribution in [0, 0.1) is 0 Å². The van der Waals surface area contributed by atoms with E-state index in [4.69, 9.17) is 0 Å². The quantitative estimate of drug-likeness (QED) is 0.833. The Labute approximate surface area is 123 Å². The molecule has 0 aromatic carbocycles. The lowest BCUT2D eigenvalue weighted by atomic mass is 10.0. The number of amides is 1. The van der Waals surface area contributed by atoms with E-state index in [1.807, 2.05) is 4.90 Å². The van der Waals surface area contributed by atoms with Crippen LogP contribution in [0.5, 0.6) is 0 Å². The molecule has 0 aromatic heterocycles. The van der Waals surface area contributed by atoms with Gasteiger partial charge in [0.1, 0.15) is 0 Å². The van der Waals surface area contributed by atoms with Gasteiger partial charge in [-0.15, -0.1) is 12.4 Å². The molecule has 0 spiro atoms. The van der Waals surface area contributed by atoms with Gasteiger partial charge in [0.2, 0.25) is 5.91 Å². The van der Waals surface area contributed by atoms with Crippen LogP contribution in [-0.4, -0.2) is 61.0 Å². The Morgan fingerprint density at radius 3 is 2.47 bits per heavy atom. The number of rotatable bonds is 5. The van der Waals surface area contributed by atoms with Gasteiger partial charge in [-0.05, 0) is 51.7 Å². The molecule has 0 atom stereocenters. The van der Waals surface area contributed by atoms with E-state index in [1.54, 1.807) is 0 Å². The maximum atomic E-state index is 12.2. The highest BCUT2D eigenvalue weighted by atomic mass is 35.5. The molecule has 2 rings (SSSR count). The number of hydrogen-bond acceptors (Lipinski definition) is 3.